The van der Waals surface area contributed by atoms with Crippen LogP contribution in [0.3, 0.4) is 0 Å². The first-order valence-electron chi connectivity index (χ1n) is 9.98. The number of cyclic esters (lactones) is 2. The zero-order valence-electron chi connectivity index (χ0n) is 18.2. The van der Waals surface area contributed by atoms with Crippen molar-refractivity contribution >= 4 is 35.8 Å². The zero-order valence-corrected chi connectivity index (χ0v) is 18.2. The Bertz CT molecular complexity index is 784. The van der Waals surface area contributed by atoms with Crippen LogP contribution in [0, 0.1) is 0 Å². The summed E-state index contributed by atoms with van der Waals surface area (Å²) in [4.78, 5) is 65.9. The van der Waals surface area contributed by atoms with Crippen molar-refractivity contribution in [2.45, 2.75) is 44.8 Å². The molecule has 2 aliphatic heterocycles. The number of esters is 6. The fraction of sp³-hybridized carbons (Fsp3) is 0.524. The molecule has 0 aromatic heterocycles. The lowest BCUT2D eigenvalue weighted by molar-refractivity contribution is -0.161. The van der Waals surface area contributed by atoms with Gasteiger partial charge in [0.05, 0.1) is 26.1 Å². The molecule has 33 heavy (non-hydrogen) atoms. The van der Waals surface area contributed by atoms with E-state index in [1.165, 1.54) is 6.92 Å². The Hall–Kier alpha value is -3.70. The third kappa shape index (κ3) is 10.9. The van der Waals surface area contributed by atoms with E-state index >= 15 is 0 Å². The highest BCUT2D eigenvalue weighted by molar-refractivity contribution is 5.87. The third-order valence-electron chi connectivity index (χ3n) is 3.93. The largest absolute Gasteiger partial charge is 0.463 e. The van der Waals surface area contributed by atoms with Crippen molar-refractivity contribution in [1.29, 1.82) is 0 Å². The normalized spacial score (nSPS) is 18.6. The van der Waals surface area contributed by atoms with Gasteiger partial charge in [0.1, 0.15) is 13.2 Å². The lowest BCUT2D eigenvalue weighted by Gasteiger charge is -2.08. The highest BCUT2D eigenvalue weighted by Gasteiger charge is 2.30. The lowest BCUT2D eigenvalue weighted by atomic mass is 10.3. The van der Waals surface area contributed by atoms with Crippen LogP contribution in [0.1, 0.15) is 32.6 Å². The van der Waals surface area contributed by atoms with Crippen LogP contribution in [0.25, 0.3) is 0 Å². The molecule has 0 amide bonds. The Balaban J connectivity index is 0.000000331. The first-order chi connectivity index (χ1) is 15.6. The number of hydrogen-bond donors (Lipinski definition) is 0. The zero-order chi connectivity index (χ0) is 24.8. The maximum Gasteiger partial charge on any atom is 0.347 e. The van der Waals surface area contributed by atoms with Crippen LogP contribution in [-0.2, 0) is 57.2 Å². The quantitative estimate of drug-likeness (QED) is 0.245. The van der Waals surface area contributed by atoms with Crippen molar-refractivity contribution in [2.75, 3.05) is 26.4 Å². The SMILES string of the molecule is C=C(C)C(=O)OCCC(=O)OC1CCOC1=O.C=CC(=O)OCCC(=O)OC1CCOC1=O. The van der Waals surface area contributed by atoms with Gasteiger partial charge in [-0.25, -0.2) is 19.2 Å². The van der Waals surface area contributed by atoms with Gasteiger partial charge in [-0.05, 0) is 6.92 Å². The van der Waals surface area contributed by atoms with Gasteiger partial charge in [-0.3, -0.25) is 9.59 Å². The first kappa shape index (κ1) is 27.3. The molecule has 12 heteroatoms. The fourth-order valence-electron chi connectivity index (χ4n) is 2.25. The lowest BCUT2D eigenvalue weighted by Crippen LogP contribution is -2.23. The molecule has 2 atom stereocenters. The van der Waals surface area contributed by atoms with Gasteiger partial charge >= 0.3 is 35.8 Å². The molecule has 2 rings (SSSR count). The monoisotopic (exact) mass is 470 g/mol. The summed E-state index contributed by atoms with van der Waals surface area (Å²) < 4.78 is 28.2. The van der Waals surface area contributed by atoms with E-state index in [0.29, 0.717) is 12.8 Å². The van der Waals surface area contributed by atoms with Crippen LogP contribution in [0.5, 0.6) is 0 Å². The second-order valence-corrected chi connectivity index (χ2v) is 6.66. The van der Waals surface area contributed by atoms with E-state index in [1.54, 1.807) is 0 Å². The smallest absolute Gasteiger partial charge is 0.347 e. The van der Waals surface area contributed by atoms with Crippen LogP contribution in [0.15, 0.2) is 24.8 Å². The van der Waals surface area contributed by atoms with Crippen LogP contribution in [0.2, 0.25) is 0 Å². The van der Waals surface area contributed by atoms with E-state index in [2.05, 4.69) is 27.4 Å². The molecule has 0 bridgehead atoms. The van der Waals surface area contributed by atoms with Gasteiger partial charge in [0, 0.05) is 24.5 Å². The Morgan fingerprint density at radius 2 is 1.36 bits per heavy atom. The van der Waals surface area contributed by atoms with Crippen molar-refractivity contribution in [3.8, 4) is 0 Å². The molecule has 0 radical (unpaired) electrons. The molecule has 2 aliphatic rings. The van der Waals surface area contributed by atoms with Crippen molar-refractivity contribution in [1.82, 2.24) is 0 Å². The van der Waals surface area contributed by atoms with E-state index in [9.17, 15) is 28.8 Å². The second-order valence-electron chi connectivity index (χ2n) is 6.66. The van der Waals surface area contributed by atoms with Crippen LogP contribution in [-0.4, -0.2) is 74.5 Å². The number of carbonyl (C=O) groups excluding carboxylic acids is 6. The molecule has 2 heterocycles. The molecule has 0 aromatic carbocycles. The van der Waals surface area contributed by atoms with Gasteiger partial charge in [-0.15, -0.1) is 0 Å². The third-order valence-corrected chi connectivity index (χ3v) is 3.93. The minimum atomic E-state index is -0.820. The van der Waals surface area contributed by atoms with Gasteiger partial charge < -0.3 is 28.4 Å². The molecule has 182 valence electrons. The fourth-order valence-corrected chi connectivity index (χ4v) is 2.25. The summed E-state index contributed by atoms with van der Waals surface area (Å²) in [6.07, 6.45) is -0.0825. The minimum Gasteiger partial charge on any atom is -0.463 e. The molecule has 0 aliphatic carbocycles. The molecule has 2 fully saturated rings. The Morgan fingerprint density at radius 1 is 0.909 bits per heavy atom. The highest BCUT2D eigenvalue weighted by Crippen LogP contribution is 2.12. The first-order valence-corrected chi connectivity index (χ1v) is 9.98. The maximum absolute atomic E-state index is 11.3. The maximum atomic E-state index is 11.3. The van der Waals surface area contributed by atoms with Crippen molar-refractivity contribution in [2.24, 2.45) is 0 Å². The molecule has 12 nitrogen and oxygen atoms in total. The summed E-state index contributed by atoms with van der Waals surface area (Å²) in [7, 11) is 0. The van der Waals surface area contributed by atoms with E-state index < -0.39 is 48.0 Å². The Labute approximate surface area is 189 Å². The van der Waals surface area contributed by atoms with E-state index in [4.69, 9.17) is 14.2 Å². The molecular weight excluding hydrogens is 444 g/mol. The molecule has 0 spiro atoms. The summed E-state index contributed by atoms with van der Waals surface area (Å²) in [6, 6.07) is 0. The van der Waals surface area contributed by atoms with Crippen LogP contribution < -0.4 is 0 Å². The highest BCUT2D eigenvalue weighted by atomic mass is 16.6. The predicted octanol–water partition coefficient (Wildman–Crippen LogP) is 0.319. The molecule has 0 N–H and O–H groups in total. The minimum absolute atomic E-state index is 0.0910. The van der Waals surface area contributed by atoms with E-state index in [1.807, 2.05) is 0 Å². The van der Waals surface area contributed by atoms with Crippen LogP contribution >= 0.6 is 0 Å². The van der Waals surface area contributed by atoms with Gasteiger partial charge in [0.25, 0.3) is 0 Å². The van der Waals surface area contributed by atoms with Gasteiger partial charge in [0.2, 0.25) is 12.2 Å². The van der Waals surface area contributed by atoms with Crippen molar-refractivity contribution < 1.29 is 57.2 Å². The van der Waals surface area contributed by atoms with Gasteiger partial charge in [-0.2, -0.15) is 0 Å². The molecule has 0 saturated carbocycles. The van der Waals surface area contributed by atoms with E-state index in [0.717, 1.165) is 6.08 Å². The number of carbonyl (C=O) groups is 6. The standard InChI is InChI=1S/C11H14O6.C10H12O6/c1-7(2)10(13)15-6-4-9(12)17-8-3-5-16-11(8)14;1-2-8(11)14-6-4-9(12)16-7-3-5-15-10(7)13/h8H,1,3-6H2,2H3;2,7H,1,3-6H2. The number of rotatable bonds is 10. The molecular formula is C21H26O12. The second kappa shape index (κ2) is 14.4. The summed E-state index contributed by atoms with van der Waals surface area (Å²) >= 11 is 0. The van der Waals surface area contributed by atoms with Crippen molar-refractivity contribution in [3.63, 3.8) is 0 Å². The number of ether oxygens (including phenoxy) is 6. The molecule has 0 aromatic rings. The average molecular weight is 470 g/mol. The summed E-state index contributed by atoms with van der Waals surface area (Å²) in [5.41, 5.74) is 0.262. The number of hydrogen-bond acceptors (Lipinski definition) is 12. The van der Waals surface area contributed by atoms with Gasteiger partial charge in [-0.1, -0.05) is 13.2 Å². The topological polar surface area (TPSA) is 158 Å². The van der Waals surface area contributed by atoms with Crippen molar-refractivity contribution in [3.05, 3.63) is 24.8 Å². The summed E-state index contributed by atoms with van der Waals surface area (Å²) in [6.45, 7) is 8.45. The van der Waals surface area contributed by atoms with Gasteiger partial charge in [0.15, 0.2) is 0 Å². The Kier molecular flexibility index (Phi) is 11.9. The Morgan fingerprint density at radius 3 is 1.73 bits per heavy atom. The summed E-state index contributed by atoms with van der Waals surface area (Å²) in [5, 5.41) is 0. The van der Waals surface area contributed by atoms with Crippen LogP contribution in [0.4, 0.5) is 0 Å². The average Bonchev–Trinajstić information content (AvgIpc) is 3.35. The summed E-state index contributed by atoms with van der Waals surface area (Å²) in [5.74, 6) is -3.41. The predicted molar refractivity (Wildman–Crippen MR) is 107 cm³/mol. The molecule has 2 unspecified atom stereocenters. The molecule has 2 saturated heterocycles. The van der Waals surface area contributed by atoms with E-state index in [-0.39, 0.29) is 44.8 Å².